The van der Waals surface area contributed by atoms with E-state index in [1.165, 1.54) is 0 Å². The van der Waals surface area contributed by atoms with Gasteiger partial charge in [-0.25, -0.2) is 4.79 Å². The van der Waals surface area contributed by atoms with Gasteiger partial charge in [0.2, 0.25) is 0 Å². The Morgan fingerprint density at radius 1 is 1.62 bits per heavy atom. The van der Waals surface area contributed by atoms with Crippen molar-refractivity contribution in [1.29, 1.82) is 0 Å². The van der Waals surface area contributed by atoms with Crippen LogP contribution in [0.4, 0.5) is 4.79 Å². The molecule has 1 rings (SSSR count). The predicted octanol–water partition coefficient (Wildman–Crippen LogP) is 1.27. The van der Waals surface area contributed by atoms with Crippen molar-refractivity contribution >= 4 is 6.09 Å². The fourth-order valence-electron chi connectivity index (χ4n) is 1.76. The van der Waals surface area contributed by atoms with Gasteiger partial charge in [-0.1, -0.05) is 0 Å². The van der Waals surface area contributed by atoms with Crippen LogP contribution in [-0.2, 0) is 4.74 Å². The summed E-state index contributed by atoms with van der Waals surface area (Å²) in [5, 5.41) is 6.08. The quantitative estimate of drug-likeness (QED) is 0.694. The monoisotopic (exact) mass is 224 g/mol. The van der Waals surface area contributed by atoms with Crippen molar-refractivity contribution in [2.24, 2.45) is 0 Å². The number of ether oxygens (including phenoxy) is 1. The standard InChI is InChI=1S/C12H20N2O2/c1-5-6-12(7-8-13-9-12)14-10(15)16-11(2,3)4/h1,13H,6-9H2,2-4H3,(H,14,15)/t12-/m1/s1. The van der Waals surface area contributed by atoms with Gasteiger partial charge < -0.3 is 15.4 Å². The minimum Gasteiger partial charge on any atom is -0.444 e. The Kier molecular flexibility index (Phi) is 3.82. The summed E-state index contributed by atoms with van der Waals surface area (Å²) in [4.78, 5) is 11.7. The van der Waals surface area contributed by atoms with Gasteiger partial charge in [0.05, 0.1) is 5.54 Å². The largest absolute Gasteiger partial charge is 0.444 e. The second kappa shape index (κ2) is 4.75. The molecule has 0 radical (unpaired) electrons. The normalized spacial score (nSPS) is 24.9. The smallest absolute Gasteiger partial charge is 0.408 e. The van der Waals surface area contributed by atoms with Crippen LogP contribution in [0.25, 0.3) is 0 Å². The van der Waals surface area contributed by atoms with Gasteiger partial charge in [0, 0.05) is 13.0 Å². The zero-order valence-electron chi connectivity index (χ0n) is 10.2. The second-order valence-corrected chi connectivity index (χ2v) is 5.21. The summed E-state index contributed by atoms with van der Waals surface area (Å²) in [6, 6.07) is 0. The molecule has 16 heavy (non-hydrogen) atoms. The van der Waals surface area contributed by atoms with Crippen molar-refractivity contribution in [2.45, 2.75) is 44.8 Å². The van der Waals surface area contributed by atoms with Gasteiger partial charge in [-0.2, -0.15) is 0 Å². The van der Waals surface area contributed by atoms with E-state index in [-0.39, 0.29) is 5.54 Å². The van der Waals surface area contributed by atoms with Crippen LogP contribution in [0.5, 0.6) is 0 Å². The van der Waals surface area contributed by atoms with Gasteiger partial charge in [0.25, 0.3) is 0 Å². The van der Waals surface area contributed by atoms with Crippen molar-refractivity contribution in [3.63, 3.8) is 0 Å². The zero-order chi connectivity index (χ0) is 12.2. The molecule has 2 N–H and O–H groups in total. The first-order valence-electron chi connectivity index (χ1n) is 5.52. The van der Waals surface area contributed by atoms with Gasteiger partial charge in [-0.15, -0.1) is 12.3 Å². The fraction of sp³-hybridized carbons (Fsp3) is 0.750. The fourth-order valence-corrected chi connectivity index (χ4v) is 1.76. The summed E-state index contributed by atoms with van der Waals surface area (Å²) < 4.78 is 5.22. The first kappa shape index (κ1) is 12.9. The summed E-state index contributed by atoms with van der Waals surface area (Å²) in [7, 11) is 0. The van der Waals surface area contributed by atoms with Crippen molar-refractivity contribution in [2.75, 3.05) is 13.1 Å². The molecule has 4 heteroatoms. The van der Waals surface area contributed by atoms with E-state index in [0.717, 1.165) is 13.0 Å². The molecule has 0 unspecified atom stereocenters. The average Bonchev–Trinajstić information content (AvgIpc) is 2.49. The third-order valence-corrected chi connectivity index (χ3v) is 2.45. The third-order valence-electron chi connectivity index (χ3n) is 2.45. The molecule has 0 aromatic carbocycles. The number of amides is 1. The molecule has 0 aromatic rings. The highest BCUT2D eigenvalue weighted by Crippen LogP contribution is 2.19. The lowest BCUT2D eigenvalue weighted by atomic mass is 9.95. The molecule has 1 aliphatic rings. The SMILES string of the molecule is C#CC[C@@]1(NC(=O)OC(C)(C)C)CCNC1. The summed E-state index contributed by atoms with van der Waals surface area (Å²) in [6.07, 6.45) is 6.30. The Morgan fingerprint density at radius 2 is 2.31 bits per heavy atom. The number of carbonyl (C=O) groups excluding carboxylic acids is 1. The molecule has 1 fully saturated rings. The topological polar surface area (TPSA) is 50.4 Å². The van der Waals surface area contributed by atoms with E-state index in [1.807, 2.05) is 20.8 Å². The van der Waals surface area contributed by atoms with Crippen molar-refractivity contribution in [1.82, 2.24) is 10.6 Å². The highest BCUT2D eigenvalue weighted by Gasteiger charge is 2.35. The van der Waals surface area contributed by atoms with E-state index < -0.39 is 11.7 Å². The molecule has 0 aliphatic carbocycles. The molecule has 0 aromatic heterocycles. The third kappa shape index (κ3) is 3.74. The first-order chi connectivity index (χ1) is 7.37. The number of hydrogen-bond donors (Lipinski definition) is 2. The molecule has 0 saturated carbocycles. The lowest BCUT2D eigenvalue weighted by Crippen LogP contribution is -2.51. The Morgan fingerprint density at radius 3 is 2.75 bits per heavy atom. The Labute approximate surface area is 97.1 Å². The molecule has 1 atom stereocenters. The Bertz CT molecular complexity index is 293. The van der Waals surface area contributed by atoms with E-state index in [4.69, 9.17) is 11.2 Å². The predicted molar refractivity (Wildman–Crippen MR) is 63.0 cm³/mol. The molecule has 0 spiro atoms. The van der Waals surface area contributed by atoms with Crippen LogP contribution >= 0.6 is 0 Å². The number of carbonyl (C=O) groups is 1. The first-order valence-corrected chi connectivity index (χ1v) is 5.52. The molecule has 1 aliphatic heterocycles. The Balaban J connectivity index is 2.56. The van der Waals surface area contributed by atoms with Gasteiger partial charge in [-0.3, -0.25) is 0 Å². The highest BCUT2D eigenvalue weighted by atomic mass is 16.6. The summed E-state index contributed by atoms with van der Waals surface area (Å²) in [5.41, 5.74) is -0.815. The maximum atomic E-state index is 11.7. The summed E-state index contributed by atoms with van der Waals surface area (Å²) in [5.74, 6) is 2.61. The highest BCUT2D eigenvalue weighted by molar-refractivity contribution is 5.69. The van der Waals surface area contributed by atoms with Crippen LogP contribution in [-0.4, -0.2) is 30.3 Å². The van der Waals surface area contributed by atoms with Crippen LogP contribution < -0.4 is 10.6 Å². The van der Waals surface area contributed by atoms with E-state index in [9.17, 15) is 4.79 Å². The number of nitrogens with one attached hydrogen (secondary N) is 2. The summed E-state index contributed by atoms with van der Waals surface area (Å²) >= 11 is 0. The molecule has 0 bridgehead atoms. The van der Waals surface area contributed by atoms with Gasteiger partial charge in [-0.05, 0) is 33.7 Å². The van der Waals surface area contributed by atoms with Gasteiger partial charge in [0.15, 0.2) is 0 Å². The maximum Gasteiger partial charge on any atom is 0.408 e. The second-order valence-electron chi connectivity index (χ2n) is 5.21. The van der Waals surface area contributed by atoms with Crippen molar-refractivity contribution in [3.05, 3.63) is 0 Å². The number of alkyl carbamates (subject to hydrolysis) is 1. The van der Waals surface area contributed by atoms with Gasteiger partial charge in [0.1, 0.15) is 5.60 Å². The van der Waals surface area contributed by atoms with E-state index in [1.54, 1.807) is 0 Å². The maximum absolute atomic E-state index is 11.7. The zero-order valence-corrected chi connectivity index (χ0v) is 10.2. The van der Waals surface area contributed by atoms with Crippen LogP contribution in [0.1, 0.15) is 33.6 Å². The van der Waals surface area contributed by atoms with Crippen LogP contribution in [0.15, 0.2) is 0 Å². The summed E-state index contributed by atoms with van der Waals surface area (Å²) in [6.45, 7) is 7.10. The molecular formula is C12H20N2O2. The molecule has 4 nitrogen and oxygen atoms in total. The average molecular weight is 224 g/mol. The van der Waals surface area contributed by atoms with E-state index in [2.05, 4.69) is 16.6 Å². The minimum atomic E-state index is -0.479. The molecule has 90 valence electrons. The lowest BCUT2D eigenvalue weighted by molar-refractivity contribution is 0.0465. The van der Waals surface area contributed by atoms with Crippen LogP contribution in [0, 0.1) is 12.3 Å². The molecule has 1 heterocycles. The number of hydrogen-bond acceptors (Lipinski definition) is 3. The van der Waals surface area contributed by atoms with Crippen LogP contribution in [0.3, 0.4) is 0 Å². The van der Waals surface area contributed by atoms with Crippen LogP contribution in [0.2, 0.25) is 0 Å². The molecule has 1 saturated heterocycles. The van der Waals surface area contributed by atoms with Crippen molar-refractivity contribution in [3.8, 4) is 12.3 Å². The van der Waals surface area contributed by atoms with Gasteiger partial charge >= 0.3 is 6.09 Å². The number of rotatable bonds is 2. The lowest BCUT2D eigenvalue weighted by Gasteiger charge is -2.29. The van der Waals surface area contributed by atoms with E-state index >= 15 is 0 Å². The molecular weight excluding hydrogens is 204 g/mol. The van der Waals surface area contributed by atoms with Crippen molar-refractivity contribution < 1.29 is 9.53 Å². The van der Waals surface area contributed by atoms with E-state index in [0.29, 0.717) is 13.0 Å². The number of terminal acetylenes is 1. The molecule has 1 amide bonds. The Hall–Kier alpha value is -1.21. The minimum absolute atomic E-state index is 0.336.